The average molecular weight is 293 g/mol. The van der Waals surface area contributed by atoms with Crippen molar-refractivity contribution in [1.29, 1.82) is 0 Å². The van der Waals surface area contributed by atoms with Gasteiger partial charge in [0.25, 0.3) is 0 Å². The fourth-order valence-corrected chi connectivity index (χ4v) is 3.55. The molecule has 1 saturated carbocycles. The van der Waals surface area contributed by atoms with Gasteiger partial charge in [-0.2, -0.15) is 0 Å². The van der Waals surface area contributed by atoms with E-state index in [1.165, 1.54) is 11.0 Å². The number of nitrogens with zero attached hydrogens (tertiary/aromatic N) is 4. The summed E-state index contributed by atoms with van der Waals surface area (Å²) in [5, 5.41) is 10.9. The van der Waals surface area contributed by atoms with Crippen LogP contribution >= 0.6 is 0 Å². The molecule has 0 radical (unpaired) electrons. The Balaban J connectivity index is 1.94. The molecule has 1 aliphatic rings. The fourth-order valence-electron chi connectivity index (χ4n) is 2.00. The van der Waals surface area contributed by atoms with Crippen molar-refractivity contribution in [2.24, 2.45) is 0 Å². The van der Waals surface area contributed by atoms with Crippen LogP contribution in [0.3, 0.4) is 0 Å². The lowest BCUT2D eigenvalue weighted by molar-refractivity contribution is 0.558. The van der Waals surface area contributed by atoms with E-state index in [-0.39, 0.29) is 10.4 Å². The lowest BCUT2D eigenvalue weighted by atomic mass is 10.2. The number of benzene rings is 1. The molecule has 0 spiro atoms. The second kappa shape index (κ2) is 4.35. The number of nitrogens with one attached hydrogen (secondary N) is 1. The van der Waals surface area contributed by atoms with Gasteiger partial charge in [-0.25, -0.2) is 17.8 Å². The van der Waals surface area contributed by atoms with Crippen molar-refractivity contribution in [2.45, 2.75) is 37.1 Å². The number of hydrogen-bond donors (Lipinski definition) is 1. The van der Waals surface area contributed by atoms with Gasteiger partial charge in [0.1, 0.15) is 6.33 Å². The van der Waals surface area contributed by atoms with Crippen LogP contribution in [0.5, 0.6) is 0 Å². The molecular weight excluding hydrogens is 278 g/mol. The summed E-state index contributed by atoms with van der Waals surface area (Å²) < 4.78 is 28.8. The Kier molecular flexibility index (Phi) is 2.87. The zero-order valence-electron chi connectivity index (χ0n) is 11.2. The summed E-state index contributed by atoms with van der Waals surface area (Å²) in [7, 11) is -3.47. The monoisotopic (exact) mass is 293 g/mol. The van der Waals surface area contributed by atoms with Crippen LogP contribution < -0.4 is 4.72 Å². The summed E-state index contributed by atoms with van der Waals surface area (Å²) in [6, 6.07) is 4.90. The Hall–Kier alpha value is -1.80. The number of aryl methyl sites for hydroxylation is 1. The first kappa shape index (κ1) is 13.2. The SMILES string of the molecule is Cc1cc(S(=O)(=O)NC2(C)CC2)ccc1-n1cnnn1. The molecule has 7 nitrogen and oxygen atoms in total. The van der Waals surface area contributed by atoms with Crippen LogP contribution in [0.4, 0.5) is 0 Å². The molecular formula is C12H15N5O2S. The first-order valence-electron chi connectivity index (χ1n) is 6.28. The van der Waals surface area contributed by atoms with Crippen molar-refractivity contribution < 1.29 is 8.42 Å². The van der Waals surface area contributed by atoms with Gasteiger partial charge < -0.3 is 0 Å². The molecule has 20 heavy (non-hydrogen) atoms. The predicted octanol–water partition coefficient (Wildman–Crippen LogP) is 0.802. The van der Waals surface area contributed by atoms with Crippen molar-refractivity contribution in [3.63, 3.8) is 0 Å². The summed E-state index contributed by atoms with van der Waals surface area (Å²) >= 11 is 0. The number of hydrogen-bond acceptors (Lipinski definition) is 5. The van der Waals surface area contributed by atoms with E-state index in [0.29, 0.717) is 0 Å². The summed E-state index contributed by atoms with van der Waals surface area (Å²) in [5.41, 5.74) is 1.27. The van der Waals surface area contributed by atoms with E-state index in [1.807, 2.05) is 13.8 Å². The van der Waals surface area contributed by atoms with Gasteiger partial charge in [0.05, 0.1) is 10.6 Å². The topological polar surface area (TPSA) is 89.8 Å². The highest BCUT2D eigenvalue weighted by atomic mass is 32.2. The Morgan fingerprint density at radius 2 is 2.10 bits per heavy atom. The standard InChI is InChI=1S/C12H15N5O2S/c1-9-7-10(20(18,19)14-12(2)5-6-12)3-4-11(9)17-8-13-15-16-17/h3-4,7-8,14H,5-6H2,1-2H3. The van der Waals surface area contributed by atoms with Gasteiger partial charge in [0.15, 0.2) is 0 Å². The van der Waals surface area contributed by atoms with Gasteiger partial charge in [0.2, 0.25) is 10.0 Å². The second-order valence-electron chi connectivity index (χ2n) is 5.37. The third-order valence-electron chi connectivity index (χ3n) is 3.46. The van der Waals surface area contributed by atoms with Crippen molar-refractivity contribution in [3.05, 3.63) is 30.1 Å². The molecule has 1 aliphatic carbocycles. The summed E-state index contributed by atoms with van der Waals surface area (Å²) in [6.45, 7) is 3.74. The molecule has 1 heterocycles. The van der Waals surface area contributed by atoms with Gasteiger partial charge >= 0.3 is 0 Å². The highest BCUT2D eigenvalue weighted by molar-refractivity contribution is 7.89. The molecule has 0 saturated heterocycles. The van der Waals surface area contributed by atoms with E-state index in [1.54, 1.807) is 18.2 Å². The number of rotatable bonds is 4. The minimum atomic E-state index is -3.47. The van der Waals surface area contributed by atoms with E-state index < -0.39 is 10.0 Å². The number of tetrazole rings is 1. The highest BCUT2D eigenvalue weighted by Gasteiger charge is 2.41. The number of aromatic nitrogens is 4. The summed E-state index contributed by atoms with van der Waals surface area (Å²) in [4.78, 5) is 0.264. The molecule has 0 atom stereocenters. The zero-order chi connectivity index (χ0) is 14.4. The molecule has 106 valence electrons. The predicted molar refractivity (Wildman–Crippen MR) is 71.9 cm³/mol. The van der Waals surface area contributed by atoms with E-state index in [9.17, 15) is 8.42 Å². The van der Waals surface area contributed by atoms with Crippen LogP contribution in [-0.4, -0.2) is 34.2 Å². The van der Waals surface area contributed by atoms with E-state index >= 15 is 0 Å². The number of sulfonamides is 1. The van der Waals surface area contributed by atoms with Crippen LogP contribution in [0.25, 0.3) is 5.69 Å². The van der Waals surface area contributed by atoms with Crippen LogP contribution in [0.2, 0.25) is 0 Å². The highest BCUT2D eigenvalue weighted by Crippen LogP contribution is 2.36. The quantitative estimate of drug-likeness (QED) is 0.900. The third-order valence-corrected chi connectivity index (χ3v) is 5.09. The minimum absolute atomic E-state index is 0.264. The lowest BCUT2D eigenvalue weighted by Gasteiger charge is -2.13. The maximum Gasteiger partial charge on any atom is 0.241 e. The lowest BCUT2D eigenvalue weighted by Crippen LogP contribution is -2.34. The molecule has 1 N–H and O–H groups in total. The van der Waals surface area contributed by atoms with E-state index in [4.69, 9.17) is 0 Å². The van der Waals surface area contributed by atoms with Crippen molar-refractivity contribution >= 4 is 10.0 Å². The fraction of sp³-hybridized carbons (Fsp3) is 0.417. The first-order valence-corrected chi connectivity index (χ1v) is 7.76. The Labute approximate surface area is 117 Å². The van der Waals surface area contributed by atoms with Crippen molar-refractivity contribution in [3.8, 4) is 5.69 Å². The van der Waals surface area contributed by atoms with Gasteiger partial charge in [-0.3, -0.25) is 0 Å². The molecule has 8 heteroatoms. The largest absolute Gasteiger partial charge is 0.241 e. The molecule has 2 aromatic rings. The first-order chi connectivity index (χ1) is 9.40. The van der Waals surface area contributed by atoms with Gasteiger partial charge in [-0.15, -0.1) is 5.10 Å². The molecule has 0 unspecified atom stereocenters. The van der Waals surface area contributed by atoms with E-state index in [2.05, 4.69) is 20.2 Å². The molecule has 0 aliphatic heterocycles. The Morgan fingerprint density at radius 3 is 2.65 bits per heavy atom. The molecule has 3 rings (SSSR count). The molecule has 1 aromatic carbocycles. The molecule has 1 fully saturated rings. The molecule has 0 amide bonds. The van der Waals surface area contributed by atoms with Crippen molar-refractivity contribution in [2.75, 3.05) is 0 Å². The maximum atomic E-state index is 12.3. The normalized spacial score (nSPS) is 17.1. The van der Waals surface area contributed by atoms with Gasteiger partial charge in [0, 0.05) is 5.54 Å². The summed E-state index contributed by atoms with van der Waals surface area (Å²) in [5.74, 6) is 0. The maximum absolute atomic E-state index is 12.3. The zero-order valence-corrected chi connectivity index (χ0v) is 12.1. The summed E-state index contributed by atoms with van der Waals surface area (Å²) in [6.07, 6.45) is 3.24. The Morgan fingerprint density at radius 1 is 1.35 bits per heavy atom. The van der Waals surface area contributed by atoms with Crippen LogP contribution in [0.1, 0.15) is 25.3 Å². The van der Waals surface area contributed by atoms with Gasteiger partial charge in [-0.1, -0.05) is 0 Å². The van der Waals surface area contributed by atoms with Gasteiger partial charge in [-0.05, 0) is 60.9 Å². The van der Waals surface area contributed by atoms with Crippen LogP contribution in [-0.2, 0) is 10.0 Å². The minimum Gasteiger partial charge on any atom is -0.207 e. The average Bonchev–Trinajstić information content (AvgIpc) is 2.91. The second-order valence-corrected chi connectivity index (χ2v) is 7.05. The Bertz CT molecular complexity index is 735. The molecule has 0 bridgehead atoms. The van der Waals surface area contributed by atoms with Crippen LogP contribution in [0, 0.1) is 6.92 Å². The van der Waals surface area contributed by atoms with Crippen molar-refractivity contribution in [1.82, 2.24) is 24.9 Å². The smallest absolute Gasteiger partial charge is 0.207 e. The third kappa shape index (κ3) is 2.44. The van der Waals surface area contributed by atoms with E-state index in [0.717, 1.165) is 24.1 Å². The molecule has 1 aromatic heterocycles. The van der Waals surface area contributed by atoms with Crippen LogP contribution in [0.15, 0.2) is 29.4 Å².